The molecule has 0 fully saturated rings. The maximum Gasteiger partial charge on any atom is 0.133 e. The molecule has 4 heteroatoms. The van der Waals surface area contributed by atoms with Crippen molar-refractivity contribution in [2.75, 3.05) is 24.6 Å². The number of anilines is 1. The minimum atomic E-state index is 0.155. The Hall–Kier alpha value is -1.13. The van der Waals surface area contributed by atoms with E-state index >= 15 is 0 Å². The van der Waals surface area contributed by atoms with E-state index in [0.29, 0.717) is 12.6 Å². The number of hydrogen-bond donors (Lipinski definition) is 2. The first-order valence-electron chi connectivity index (χ1n) is 7.75. The van der Waals surface area contributed by atoms with Crippen molar-refractivity contribution in [3.63, 3.8) is 0 Å². The van der Waals surface area contributed by atoms with E-state index in [1.165, 1.54) is 5.56 Å². The Morgan fingerprint density at radius 3 is 2.55 bits per heavy atom. The van der Waals surface area contributed by atoms with Gasteiger partial charge in [-0.05, 0) is 32.4 Å². The Kier molecular flexibility index (Phi) is 7.55. The highest BCUT2D eigenvalue weighted by molar-refractivity contribution is 5.49. The first-order chi connectivity index (χ1) is 9.69. The van der Waals surface area contributed by atoms with Crippen LogP contribution in [-0.2, 0) is 0 Å². The molecule has 2 N–H and O–H groups in total. The van der Waals surface area contributed by atoms with E-state index < -0.39 is 0 Å². The molecule has 0 radical (unpaired) electrons. The number of rotatable bonds is 9. The molecule has 20 heavy (non-hydrogen) atoms. The quantitative estimate of drug-likeness (QED) is 0.730. The summed E-state index contributed by atoms with van der Waals surface area (Å²) in [5.74, 6) is 1.00. The van der Waals surface area contributed by atoms with E-state index in [-0.39, 0.29) is 12.6 Å². The maximum atomic E-state index is 9.39. The molecule has 4 nitrogen and oxygen atoms in total. The molecule has 1 atom stereocenters. The van der Waals surface area contributed by atoms with Gasteiger partial charge in [-0.2, -0.15) is 0 Å². The molecule has 0 aromatic carbocycles. The summed E-state index contributed by atoms with van der Waals surface area (Å²) < 4.78 is 0. The minimum Gasteiger partial charge on any atom is -0.395 e. The van der Waals surface area contributed by atoms with E-state index in [0.717, 1.165) is 25.2 Å². The molecule has 0 saturated carbocycles. The summed E-state index contributed by atoms with van der Waals surface area (Å²) in [7, 11) is 0. The topological polar surface area (TPSA) is 48.4 Å². The average molecular weight is 279 g/mol. The molecule has 0 spiro atoms. The van der Waals surface area contributed by atoms with Crippen LogP contribution in [0, 0.1) is 0 Å². The highest BCUT2D eigenvalue weighted by Crippen LogP contribution is 2.26. The van der Waals surface area contributed by atoms with Crippen molar-refractivity contribution >= 4 is 5.82 Å². The number of aliphatic hydroxyl groups is 1. The molecule has 1 heterocycles. The van der Waals surface area contributed by atoms with E-state index in [4.69, 9.17) is 0 Å². The van der Waals surface area contributed by atoms with Crippen LogP contribution in [0.5, 0.6) is 0 Å². The van der Waals surface area contributed by atoms with E-state index in [2.05, 4.69) is 49.0 Å². The zero-order valence-electron chi connectivity index (χ0n) is 13.3. The van der Waals surface area contributed by atoms with Crippen molar-refractivity contribution in [1.29, 1.82) is 0 Å². The summed E-state index contributed by atoms with van der Waals surface area (Å²) >= 11 is 0. The first-order valence-corrected chi connectivity index (χ1v) is 7.75. The Labute approximate surface area is 123 Å². The lowest BCUT2D eigenvalue weighted by atomic mass is 10.1. The molecule has 1 unspecified atom stereocenters. The van der Waals surface area contributed by atoms with Crippen molar-refractivity contribution in [3.05, 3.63) is 23.9 Å². The second-order valence-corrected chi connectivity index (χ2v) is 5.08. The number of nitrogens with zero attached hydrogens (tertiary/aromatic N) is 2. The van der Waals surface area contributed by atoms with Gasteiger partial charge in [0.15, 0.2) is 0 Å². The van der Waals surface area contributed by atoms with Crippen LogP contribution in [0.25, 0.3) is 0 Å². The van der Waals surface area contributed by atoms with Gasteiger partial charge in [-0.1, -0.05) is 26.8 Å². The van der Waals surface area contributed by atoms with Crippen LogP contribution in [0.3, 0.4) is 0 Å². The van der Waals surface area contributed by atoms with Crippen LogP contribution in [0.15, 0.2) is 18.3 Å². The fourth-order valence-corrected chi connectivity index (χ4v) is 2.70. The van der Waals surface area contributed by atoms with E-state index in [9.17, 15) is 5.11 Å². The summed E-state index contributed by atoms with van der Waals surface area (Å²) in [4.78, 5) is 6.85. The lowest BCUT2D eigenvalue weighted by Crippen LogP contribution is -2.38. The summed E-state index contributed by atoms with van der Waals surface area (Å²) in [5.41, 5.74) is 1.20. The van der Waals surface area contributed by atoms with Gasteiger partial charge in [-0.3, -0.25) is 0 Å². The third-order valence-corrected chi connectivity index (χ3v) is 3.79. The number of aliphatic hydroxyl groups excluding tert-OH is 1. The molecule has 0 aliphatic rings. The highest BCUT2D eigenvalue weighted by atomic mass is 16.3. The van der Waals surface area contributed by atoms with Gasteiger partial charge in [0.25, 0.3) is 0 Å². The molecule has 0 aliphatic heterocycles. The number of hydrogen-bond acceptors (Lipinski definition) is 4. The predicted octanol–water partition coefficient (Wildman–Crippen LogP) is 2.74. The van der Waals surface area contributed by atoms with Crippen molar-refractivity contribution in [1.82, 2.24) is 10.3 Å². The molecule has 1 rings (SSSR count). The molecule has 0 amide bonds. The van der Waals surface area contributed by atoms with Gasteiger partial charge in [-0.25, -0.2) is 4.98 Å². The first kappa shape index (κ1) is 16.9. The Bertz CT molecular complexity index is 380. The molecule has 114 valence electrons. The maximum absolute atomic E-state index is 9.39. The zero-order chi connectivity index (χ0) is 15.0. The van der Waals surface area contributed by atoms with Gasteiger partial charge in [-0.15, -0.1) is 0 Å². The van der Waals surface area contributed by atoms with Gasteiger partial charge in [0.05, 0.1) is 6.61 Å². The van der Waals surface area contributed by atoms with Crippen LogP contribution in [0.4, 0.5) is 5.82 Å². The van der Waals surface area contributed by atoms with Crippen molar-refractivity contribution in [2.45, 2.75) is 52.6 Å². The van der Waals surface area contributed by atoms with Gasteiger partial charge >= 0.3 is 0 Å². The smallest absolute Gasteiger partial charge is 0.133 e. The van der Waals surface area contributed by atoms with Crippen LogP contribution >= 0.6 is 0 Å². The van der Waals surface area contributed by atoms with Gasteiger partial charge in [0.1, 0.15) is 5.82 Å². The largest absolute Gasteiger partial charge is 0.395 e. The highest BCUT2D eigenvalue weighted by Gasteiger charge is 2.21. The van der Waals surface area contributed by atoms with Gasteiger partial charge in [0, 0.05) is 30.4 Å². The minimum absolute atomic E-state index is 0.155. The van der Waals surface area contributed by atoms with Crippen LogP contribution < -0.4 is 10.2 Å². The normalized spacial score (nSPS) is 12.7. The summed E-state index contributed by atoms with van der Waals surface area (Å²) in [6, 6.07) is 4.79. The van der Waals surface area contributed by atoms with Gasteiger partial charge < -0.3 is 15.3 Å². The van der Waals surface area contributed by atoms with E-state index in [1.54, 1.807) is 0 Å². The number of pyridine rings is 1. The fourth-order valence-electron chi connectivity index (χ4n) is 2.70. The standard InChI is InChI=1S/C16H29N3O/c1-5-14(6-2)19(11-12-20)16-15(9-8-10-18-16)13(4)17-7-3/h8-10,13-14,17,20H,5-7,11-12H2,1-4H3. The average Bonchev–Trinajstić information content (AvgIpc) is 2.48. The SMILES string of the molecule is CCNC(C)c1cccnc1N(CCO)C(CC)CC. The van der Waals surface area contributed by atoms with Crippen LogP contribution in [0.2, 0.25) is 0 Å². The second kappa shape index (κ2) is 8.93. The van der Waals surface area contributed by atoms with Crippen molar-refractivity contribution in [2.24, 2.45) is 0 Å². The summed E-state index contributed by atoms with van der Waals surface area (Å²) in [6.45, 7) is 10.4. The zero-order valence-corrected chi connectivity index (χ0v) is 13.3. The van der Waals surface area contributed by atoms with Crippen LogP contribution in [-0.4, -0.2) is 35.8 Å². The third-order valence-electron chi connectivity index (χ3n) is 3.79. The predicted molar refractivity (Wildman–Crippen MR) is 85.1 cm³/mol. The molecular formula is C16H29N3O. The Morgan fingerprint density at radius 2 is 2.00 bits per heavy atom. The molecular weight excluding hydrogens is 250 g/mol. The molecule has 0 bridgehead atoms. The van der Waals surface area contributed by atoms with Crippen molar-refractivity contribution in [3.8, 4) is 0 Å². The number of nitrogens with one attached hydrogen (secondary N) is 1. The van der Waals surface area contributed by atoms with Crippen LogP contribution in [0.1, 0.15) is 52.1 Å². The Balaban J connectivity index is 3.12. The number of aromatic nitrogens is 1. The Morgan fingerprint density at radius 1 is 1.30 bits per heavy atom. The van der Waals surface area contributed by atoms with Gasteiger partial charge in [0.2, 0.25) is 0 Å². The monoisotopic (exact) mass is 279 g/mol. The molecule has 1 aromatic rings. The fraction of sp³-hybridized carbons (Fsp3) is 0.688. The van der Waals surface area contributed by atoms with E-state index in [1.807, 2.05) is 12.3 Å². The molecule has 0 aliphatic carbocycles. The summed E-state index contributed by atoms with van der Waals surface area (Å²) in [5, 5.41) is 12.8. The van der Waals surface area contributed by atoms with Crippen molar-refractivity contribution < 1.29 is 5.11 Å². The lowest BCUT2D eigenvalue weighted by molar-refractivity contribution is 0.295. The third kappa shape index (κ3) is 4.18. The second-order valence-electron chi connectivity index (χ2n) is 5.08. The lowest BCUT2D eigenvalue weighted by Gasteiger charge is -2.33. The summed E-state index contributed by atoms with van der Waals surface area (Å²) in [6.07, 6.45) is 3.95. The molecule has 1 aromatic heterocycles. The molecule has 0 saturated heterocycles.